The number of carbonyl (C=O) groups excluding carboxylic acids is 5. The van der Waals surface area contributed by atoms with Gasteiger partial charge in [-0.15, -0.1) is 0 Å². The standard InChI is InChI=1S/C26H20N2O6/c1-34-26(33)16-12-15-18-20(24(31)27(22(18)29)13-8-4-2-5-9-13)17(16)21-19(15)23(30)28(25(21)32)14-10-6-3-7-11-14/h2-12,15,17-21H,1H3/t15?,17?,18-,19+,20-,21-/m1/s1. The van der Waals surface area contributed by atoms with Gasteiger partial charge in [0.1, 0.15) is 0 Å². The molecule has 1 saturated carbocycles. The summed E-state index contributed by atoms with van der Waals surface area (Å²) in [4.78, 5) is 69.4. The van der Waals surface area contributed by atoms with E-state index in [2.05, 4.69) is 0 Å². The molecule has 0 aromatic heterocycles. The minimum Gasteiger partial charge on any atom is -0.466 e. The van der Waals surface area contributed by atoms with Gasteiger partial charge in [-0.25, -0.2) is 4.79 Å². The predicted octanol–water partition coefficient (Wildman–Crippen LogP) is 1.96. The van der Waals surface area contributed by atoms with Crippen LogP contribution in [0.5, 0.6) is 0 Å². The molecule has 2 bridgehead atoms. The average Bonchev–Trinajstić information content (AvgIpc) is 3.30. The third kappa shape index (κ3) is 2.50. The van der Waals surface area contributed by atoms with Crippen LogP contribution in [0.1, 0.15) is 0 Å². The van der Waals surface area contributed by atoms with Crippen molar-refractivity contribution in [2.45, 2.75) is 0 Å². The SMILES string of the molecule is COC(=O)C1=CC2[C@H]3C(=O)N(c4ccccc4)C(=O)[C@@H]3C1[C@H]1C(=O)N(c3ccccc3)C(=O)[C@@H]21. The number of para-hydroxylation sites is 2. The van der Waals surface area contributed by atoms with E-state index in [1.807, 2.05) is 0 Å². The third-order valence-corrected chi connectivity index (χ3v) is 7.58. The summed E-state index contributed by atoms with van der Waals surface area (Å²) in [6.45, 7) is 0. The van der Waals surface area contributed by atoms with Crippen LogP contribution >= 0.6 is 0 Å². The van der Waals surface area contributed by atoms with Crippen molar-refractivity contribution in [3.8, 4) is 0 Å². The lowest BCUT2D eigenvalue weighted by Crippen LogP contribution is -2.53. The Labute approximate surface area is 194 Å². The van der Waals surface area contributed by atoms with E-state index >= 15 is 0 Å². The van der Waals surface area contributed by atoms with Crippen molar-refractivity contribution in [1.29, 1.82) is 0 Å². The average molecular weight is 456 g/mol. The van der Waals surface area contributed by atoms with Crippen LogP contribution in [0.2, 0.25) is 0 Å². The second kappa shape index (κ2) is 7.21. The van der Waals surface area contributed by atoms with Gasteiger partial charge in [0.25, 0.3) is 0 Å². The first-order chi connectivity index (χ1) is 16.5. The molecule has 3 fully saturated rings. The smallest absolute Gasteiger partial charge is 0.333 e. The minimum atomic E-state index is -0.914. The maximum Gasteiger partial charge on any atom is 0.333 e. The lowest BCUT2D eigenvalue weighted by atomic mass is 9.52. The Hall–Kier alpha value is -4.07. The molecule has 4 amide bonds. The molecule has 5 aliphatic rings. The molecule has 8 heteroatoms. The van der Waals surface area contributed by atoms with E-state index < -0.39 is 65.1 Å². The first-order valence-electron chi connectivity index (χ1n) is 11.1. The van der Waals surface area contributed by atoms with Gasteiger partial charge in [-0.05, 0) is 24.3 Å². The van der Waals surface area contributed by atoms with Crippen LogP contribution in [0.25, 0.3) is 0 Å². The number of imide groups is 2. The summed E-state index contributed by atoms with van der Waals surface area (Å²) in [6.07, 6.45) is 1.60. The normalized spacial score (nSPS) is 31.5. The third-order valence-electron chi connectivity index (χ3n) is 7.58. The summed E-state index contributed by atoms with van der Waals surface area (Å²) in [7, 11) is 1.23. The van der Waals surface area contributed by atoms with E-state index in [1.54, 1.807) is 66.7 Å². The maximum atomic E-state index is 13.6. The molecule has 0 spiro atoms. The fourth-order valence-corrected chi connectivity index (χ4v) is 6.33. The highest BCUT2D eigenvalue weighted by Crippen LogP contribution is 2.60. The van der Waals surface area contributed by atoms with Crippen LogP contribution < -0.4 is 9.80 Å². The Morgan fingerprint density at radius 3 is 1.47 bits per heavy atom. The molecule has 34 heavy (non-hydrogen) atoms. The van der Waals surface area contributed by atoms with E-state index in [4.69, 9.17) is 4.74 Å². The number of rotatable bonds is 3. The van der Waals surface area contributed by atoms with Gasteiger partial charge in [0.2, 0.25) is 23.6 Å². The number of hydrogen-bond donors (Lipinski definition) is 0. The molecule has 2 aliphatic heterocycles. The summed E-state index contributed by atoms with van der Waals surface area (Å²) in [6, 6.07) is 17.1. The van der Waals surface area contributed by atoms with Gasteiger partial charge in [0.15, 0.2) is 0 Å². The van der Waals surface area contributed by atoms with Gasteiger partial charge in [-0.2, -0.15) is 0 Å². The molecule has 0 radical (unpaired) electrons. The molecule has 2 aromatic carbocycles. The summed E-state index contributed by atoms with van der Waals surface area (Å²) >= 11 is 0. The lowest BCUT2D eigenvalue weighted by Gasteiger charge is -2.46. The number of benzene rings is 2. The number of esters is 1. The lowest BCUT2D eigenvalue weighted by molar-refractivity contribution is -0.145. The second-order valence-corrected chi connectivity index (χ2v) is 9.01. The van der Waals surface area contributed by atoms with E-state index in [9.17, 15) is 24.0 Å². The van der Waals surface area contributed by atoms with Crippen molar-refractivity contribution in [3.05, 3.63) is 72.3 Å². The van der Waals surface area contributed by atoms with E-state index in [0.29, 0.717) is 11.4 Å². The van der Waals surface area contributed by atoms with Crippen LogP contribution in [0.3, 0.4) is 0 Å². The van der Waals surface area contributed by atoms with Crippen molar-refractivity contribution < 1.29 is 28.7 Å². The van der Waals surface area contributed by atoms with Gasteiger partial charge in [-0.1, -0.05) is 42.5 Å². The molecule has 2 heterocycles. The van der Waals surface area contributed by atoms with Gasteiger partial charge in [0, 0.05) is 17.4 Å². The zero-order valence-corrected chi connectivity index (χ0v) is 18.2. The van der Waals surface area contributed by atoms with Crippen molar-refractivity contribution in [1.82, 2.24) is 0 Å². The van der Waals surface area contributed by atoms with Crippen molar-refractivity contribution in [3.63, 3.8) is 0 Å². The number of methoxy groups -OCH3 is 1. The summed E-state index contributed by atoms with van der Waals surface area (Å²) in [5, 5.41) is 0. The molecule has 2 aromatic rings. The monoisotopic (exact) mass is 456 g/mol. The fraction of sp³-hybridized carbons (Fsp3) is 0.269. The highest BCUT2D eigenvalue weighted by molar-refractivity contribution is 6.27. The highest BCUT2D eigenvalue weighted by atomic mass is 16.5. The van der Waals surface area contributed by atoms with Gasteiger partial charge in [0.05, 0.1) is 42.2 Å². The molecule has 3 aliphatic carbocycles. The van der Waals surface area contributed by atoms with Crippen molar-refractivity contribution >= 4 is 41.0 Å². The second-order valence-electron chi connectivity index (χ2n) is 9.01. The number of ether oxygens (including phenoxy) is 1. The highest BCUT2D eigenvalue weighted by Gasteiger charge is 2.71. The zero-order chi connectivity index (χ0) is 23.7. The molecule has 170 valence electrons. The number of hydrogen-bond acceptors (Lipinski definition) is 6. The van der Waals surface area contributed by atoms with Crippen LogP contribution in [0, 0.1) is 35.5 Å². The van der Waals surface area contributed by atoms with E-state index in [0.717, 1.165) is 9.80 Å². The molecule has 6 atom stereocenters. The molecule has 0 N–H and O–H groups in total. The Balaban J connectivity index is 1.49. The molecular formula is C26H20N2O6. The van der Waals surface area contributed by atoms with Crippen LogP contribution in [0.15, 0.2) is 72.3 Å². The van der Waals surface area contributed by atoms with E-state index in [-0.39, 0.29) is 5.57 Å². The van der Waals surface area contributed by atoms with Gasteiger partial charge in [-0.3, -0.25) is 29.0 Å². The number of carbonyl (C=O) groups is 5. The minimum absolute atomic E-state index is 0.196. The van der Waals surface area contributed by atoms with Gasteiger partial charge < -0.3 is 4.74 Å². The fourth-order valence-electron chi connectivity index (χ4n) is 6.33. The molecule has 2 saturated heterocycles. The van der Waals surface area contributed by atoms with Crippen LogP contribution in [-0.4, -0.2) is 36.7 Å². The predicted molar refractivity (Wildman–Crippen MR) is 119 cm³/mol. The first-order valence-corrected chi connectivity index (χ1v) is 11.1. The van der Waals surface area contributed by atoms with Crippen molar-refractivity contribution in [2.75, 3.05) is 16.9 Å². The Bertz CT molecular complexity index is 1200. The Kier molecular flexibility index (Phi) is 4.36. The van der Waals surface area contributed by atoms with E-state index in [1.165, 1.54) is 7.11 Å². The zero-order valence-electron chi connectivity index (χ0n) is 18.2. The molecule has 7 rings (SSSR count). The molecular weight excluding hydrogens is 436 g/mol. The summed E-state index contributed by atoms with van der Waals surface area (Å²) in [5.41, 5.74) is 1.06. The number of anilines is 2. The summed E-state index contributed by atoms with van der Waals surface area (Å²) < 4.78 is 4.96. The molecule has 2 unspecified atom stereocenters. The summed E-state index contributed by atoms with van der Waals surface area (Å²) in [5.74, 6) is -7.52. The Morgan fingerprint density at radius 2 is 1.06 bits per heavy atom. The Morgan fingerprint density at radius 1 is 0.647 bits per heavy atom. The molecule has 8 nitrogen and oxygen atoms in total. The van der Waals surface area contributed by atoms with Crippen molar-refractivity contribution in [2.24, 2.45) is 35.5 Å². The maximum absolute atomic E-state index is 13.6. The number of amides is 4. The topological polar surface area (TPSA) is 101 Å². The first kappa shape index (κ1) is 20.5. The van der Waals surface area contributed by atoms with Gasteiger partial charge >= 0.3 is 5.97 Å². The van der Waals surface area contributed by atoms with Crippen LogP contribution in [-0.2, 0) is 28.7 Å². The quantitative estimate of drug-likeness (QED) is 0.517. The number of allylic oxidation sites excluding steroid dienone is 1. The number of nitrogens with zero attached hydrogens (tertiary/aromatic N) is 2. The largest absolute Gasteiger partial charge is 0.466 e. The van der Waals surface area contributed by atoms with Crippen LogP contribution in [0.4, 0.5) is 11.4 Å².